The molecule has 0 aliphatic heterocycles. The van der Waals surface area contributed by atoms with E-state index >= 15 is 0 Å². The minimum Gasteiger partial charge on any atom is -0.362 e. The smallest absolute Gasteiger partial charge is 0.362 e. The van der Waals surface area contributed by atoms with E-state index in [4.69, 9.17) is 4.55 Å². The van der Waals surface area contributed by atoms with E-state index in [-0.39, 0.29) is 11.4 Å². The zero-order chi connectivity index (χ0) is 17.1. The van der Waals surface area contributed by atoms with Crippen LogP contribution in [0.2, 0.25) is 0 Å². The van der Waals surface area contributed by atoms with Gasteiger partial charge in [-0.1, -0.05) is 18.2 Å². The zero-order valence-corrected chi connectivity index (χ0v) is 12.8. The van der Waals surface area contributed by atoms with Gasteiger partial charge in [0.25, 0.3) is 5.69 Å². The predicted octanol–water partition coefficient (Wildman–Crippen LogP) is 3.58. The van der Waals surface area contributed by atoms with Crippen LogP contribution in [0.1, 0.15) is 0 Å². The van der Waals surface area contributed by atoms with Crippen molar-refractivity contribution in [3.63, 3.8) is 0 Å². The minimum atomic E-state index is -4.62. The number of nitro groups is 1. The van der Waals surface area contributed by atoms with Crippen molar-refractivity contribution in [3.8, 4) is 28.0 Å². The molecule has 1 aliphatic carbocycles. The summed E-state index contributed by atoms with van der Waals surface area (Å²) in [7, 11) is -4.62. The van der Waals surface area contributed by atoms with E-state index in [9.17, 15) is 18.5 Å². The molecule has 0 atom stereocenters. The molecule has 24 heavy (non-hydrogen) atoms. The van der Waals surface area contributed by atoms with Crippen LogP contribution in [0, 0.1) is 10.1 Å². The summed E-state index contributed by atoms with van der Waals surface area (Å²) in [5.41, 5.74) is 2.96. The topological polar surface area (TPSA) is 107 Å². The van der Waals surface area contributed by atoms with Crippen LogP contribution in [0.25, 0.3) is 33.0 Å². The lowest BCUT2D eigenvalue weighted by Gasteiger charge is -2.05. The molecule has 0 aromatic heterocycles. The van der Waals surface area contributed by atoms with Crippen molar-refractivity contribution in [2.75, 3.05) is 0 Å². The van der Waals surface area contributed by atoms with Crippen molar-refractivity contribution in [2.24, 2.45) is 0 Å². The number of hydrogen-bond acceptors (Lipinski definition) is 5. The summed E-state index contributed by atoms with van der Waals surface area (Å²) in [4.78, 5) is 10.7. The van der Waals surface area contributed by atoms with Crippen molar-refractivity contribution < 1.29 is 22.1 Å². The molecular formula is C16H9NO6S. The molecule has 8 heteroatoms. The summed E-state index contributed by atoms with van der Waals surface area (Å²) in [5.74, 6) is -0.0319. The molecule has 3 aromatic rings. The highest BCUT2D eigenvalue weighted by molar-refractivity contribution is 7.81. The lowest BCUT2D eigenvalue weighted by molar-refractivity contribution is -0.384. The normalized spacial score (nSPS) is 12.2. The third kappa shape index (κ3) is 2.20. The second-order valence-electron chi connectivity index (χ2n) is 5.37. The van der Waals surface area contributed by atoms with Gasteiger partial charge in [0, 0.05) is 12.1 Å². The van der Waals surface area contributed by atoms with Crippen molar-refractivity contribution in [1.29, 1.82) is 0 Å². The SMILES string of the molecule is O=[N+]([O-])c1cc2c3c(cccc3c1)-c1cc(OS(=O)(=O)O)ccc1-2. The van der Waals surface area contributed by atoms with Gasteiger partial charge >= 0.3 is 10.4 Å². The van der Waals surface area contributed by atoms with Gasteiger partial charge in [-0.3, -0.25) is 14.7 Å². The summed E-state index contributed by atoms with van der Waals surface area (Å²) in [5, 5.41) is 12.7. The van der Waals surface area contributed by atoms with E-state index in [0.717, 1.165) is 21.9 Å². The number of rotatable bonds is 3. The van der Waals surface area contributed by atoms with Gasteiger partial charge in [0.05, 0.1) is 4.92 Å². The summed E-state index contributed by atoms with van der Waals surface area (Å²) >= 11 is 0. The molecule has 7 nitrogen and oxygen atoms in total. The van der Waals surface area contributed by atoms with Gasteiger partial charge in [-0.2, -0.15) is 8.42 Å². The van der Waals surface area contributed by atoms with Crippen LogP contribution in [0.3, 0.4) is 0 Å². The van der Waals surface area contributed by atoms with Crippen molar-refractivity contribution >= 4 is 26.9 Å². The van der Waals surface area contributed by atoms with Crippen LogP contribution < -0.4 is 4.18 Å². The maximum Gasteiger partial charge on any atom is 0.446 e. The molecule has 120 valence electrons. The Labute approximate surface area is 136 Å². The number of hydrogen-bond donors (Lipinski definition) is 1. The molecule has 0 bridgehead atoms. The standard InChI is InChI=1S/C16H9NO6S/c18-17(19)10-6-9-2-1-3-13-14-8-11(23-24(20,21)22)4-5-12(14)15(7-10)16(9)13/h1-8H,(H,20,21,22). The fourth-order valence-corrected chi connectivity index (χ4v) is 3.46. The lowest BCUT2D eigenvalue weighted by Crippen LogP contribution is -2.06. The monoisotopic (exact) mass is 343 g/mol. The van der Waals surface area contributed by atoms with Crippen LogP contribution in [-0.4, -0.2) is 17.9 Å². The molecule has 0 saturated heterocycles. The predicted molar refractivity (Wildman–Crippen MR) is 87.2 cm³/mol. The highest BCUT2D eigenvalue weighted by Crippen LogP contribution is 2.49. The molecule has 0 heterocycles. The fraction of sp³-hybridized carbons (Fsp3) is 0. The number of fused-ring (bicyclic) bond motifs is 3. The Kier molecular flexibility index (Phi) is 2.90. The van der Waals surface area contributed by atoms with E-state index in [1.807, 2.05) is 6.07 Å². The number of nitrogens with zero attached hydrogens (tertiary/aromatic N) is 1. The Balaban J connectivity index is 2.00. The Morgan fingerprint density at radius 3 is 2.46 bits per heavy atom. The van der Waals surface area contributed by atoms with Crippen molar-refractivity contribution in [2.45, 2.75) is 0 Å². The van der Waals surface area contributed by atoms with E-state index in [2.05, 4.69) is 4.18 Å². The highest BCUT2D eigenvalue weighted by Gasteiger charge is 2.25. The average molecular weight is 343 g/mol. The van der Waals surface area contributed by atoms with Gasteiger partial charge in [0.1, 0.15) is 5.75 Å². The van der Waals surface area contributed by atoms with E-state index in [1.54, 1.807) is 18.2 Å². The third-order valence-electron chi connectivity index (χ3n) is 3.95. The molecule has 0 amide bonds. The van der Waals surface area contributed by atoms with Crippen LogP contribution in [-0.2, 0) is 10.4 Å². The first-order valence-electron chi connectivity index (χ1n) is 6.86. The first kappa shape index (κ1) is 14.6. The highest BCUT2D eigenvalue weighted by atomic mass is 32.3. The van der Waals surface area contributed by atoms with Gasteiger partial charge in [-0.05, 0) is 51.2 Å². The first-order valence-corrected chi connectivity index (χ1v) is 8.23. The minimum absolute atomic E-state index is 0.0132. The van der Waals surface area contributed by atoms with Gasteiger partial charge in [0.2, 0.25) is 0 Å². The van der Waals surface area contributed by atoms with Gasteiger partial charge in [-0.25, -0.2) is 0 Å². The molecule has 3 aromatic carbocycles. The van der Waals surface area contributed by atoms with Gasteiger partial charge in [0.15, 0.2) is 0 Å². The molecule has 0 radical (unpaired) electrons. The zero-order valence-electron chi connectivity index (χ0n) is 12.0. The molecule has 0 spiro atoms. The Morgan fingerprint density at radius 1 is 0.958 bits per heavy atom. The second kappa shape index (κ2) is 4.76. The summed E-state index contributed by atoms with van der Waals surface area (Å²) < 4.78 is 35.1. The second-order valence-corrected chi connectivity index (χ2v) is 6.39. The largest absolute Gasteiger partial charge is 0.446 e. The van der Waals surface area contributed by atoms with Crippen LogP contribution in [0.15, 0.2) is 48.5 Å². The lowest BCUT2D eigenvalue weighted by atomic mass is 10.0. The summed E-state index contributed by atoms with van der Waals surface area (Å²) in [6.45, 7) is 0. The average Bonchev–Trinajstić information content (AvgIpc) is 2.81. The molecule has 1 N–H and O–H groups in total. The van der Waals surface area contributed by atoms with Gasteiger partial charge < -0.3 is 4.18 Å². The fourth-order valence-electron chi connectivity index (χ4n) is 3.11. The van der Waals surface area contributed by atoms with Crippen molar-refractivity contribution in [3.05, 3.63) is 58.6 Å². The van der Waals surface area contributed by atoms with Crippen molar-refractivity contribution in [1.82, 2.24) is 0 Å². The maximum atomic E-state index is 11.1. The summed E-state index contributed by atoms with van der Waals surface area (Å²) in [6, 6.07) is 12.9. The van der Waals surface area contributed by atoms with Gasteiger partial charge in [-0.15, -0.1) is 0 Å². The quantitative estimate of drug-likeness (QED) is 0.346. The maximum absolute atomic E-state index is 11.1. The van der Waals surface area contributed by atoms with E-state index in [1.165, 1.54) is 24.3 Å². The molecule has 0 fully saturated rings. The molecule has 1 aliphatic rings. The Bertz CT molecular complexity index is 1140. The molecule has 0 saturated carbocycles. The number of non-ortho nitro benzene ring substituents is 1. The molecule has 0 unspecified atom stereocenters. The molecular weight excluding hydrogens is 334 g/mol. The van der Waals surface area contributed by atoms with E-state index in [0.29, 0.717) is 11.1 Å². The number of benzene rings is 3. The van der Waals surface area contributed by atoms with Crippen LogP contribution in [0.5, 0.6) is 5.75 Å². The first-order chi connectivity index (χ1) is 11.3. The Hall–Kier alpha value is -2.97. The molecule has 4 rings (SSSR count). The Morgan fingerprint density at radius 2 is 1.75 bits per heavy atom. The van der Waals surface area contributed by atoms with Crippen LogP contribution >= 0.6 is 0 Å². The number of nitro benzene ring substituents is 1. The summed E-state index contributed by atoms with van der Waals surface area (Å²) in [6.07, 6.45) is 0. The van der Waals surface area contributed by atoms with Crippen LogP contribution in [0.4, 0.5) is 5.69 Å². The van der Waals surface area contributed by atoms with E-state index < -0.39 is 15.3 Å². The third-order valence-corrected chi connectivity index (χ3v) is 4.35.